The molecule has 3 nitrogen and oxygen atoms in total. The van der Waals surface area contributed by atoms with Gasteiger partial charge in [0, 0.05) is 18.2 Å². The second-order valence-corrected chi connectivity index (χ2v) is 6.82. The van der Waals surface area contributed by atoms with E-state index in [-0.39, 0.29) is 0 Å². The van der Waals surface area contributed by atoms with Crippen LogP contribution in [0.15, 0.2) is 16.7 Å². The average molecular weight is 290 g/mol. The molecule has 0 spiro atoms. The highest BCUT2D eigenvalue weighted by atomic mass is 16.3. The molecule has 1 atom stereocenters. The summed E-state index contributed by atoms with van der Waals surface area (Å²) in [7, 11) is 0. The molecule has 2 fully saturated rings. The van der Waals surface area contributed by atoms with Crippen LogP contribution in [0.5, 0.6) is 0 Å². The van der Waals surface area contributed by atoms with E-state index in [1.807, 2.05) is 6.26 Å². The first-order chi connectivity index (χ1) is 10.4. The van der Waals surface area contributed by atoms with Crippen molar-refractivity contribution < 1.29 is 4.42 Å². The van der Waals surface area contributed by atoms with Crippen LogP contribution in [0.25, 0.3) is 0 Å². The fraction of sp³-hybridized carbons (Fsp3) is 0.778. The first-order valence-electron chi connectivity index (χ1n) is 8.88. The van der Waals surface area contributed by atoms with Gasteiger partial charge >= 0.3 is 0 Å². The van der Waals surface area contributed by atoms with Gasteiger partial charge in [0.25, 0.3) is 0 Å². The van der Waals surface area contributed by atoms with Crippen molar-refractivity contribution in [1.82, 2.24) is 10.2 Å². The van der Waals surface area contributed by atoms with E-state index in [0.29, 0.717) is 0 Å². The van der Waals surface area contributed by atoms with Crippen LogP contribution in [0.2, 0.25) is 0 Å². The molecule has 1 saturated carbocycles. The third-order valence-corrected chi connectivity index (χ3v) is 5.18. The molecular formula is C18H30N2O. The molecule has 1 aliphatic heterocycles. The van der Waals surface area contributed by atoms with Crippen molar-refractivity contribution in [2.75, 3.05) is 13.1 Å². The number of hydrogen-bond donors (Lipinski definition) is 1. The predicted molar refractivity (Wildman–Crippen MR) is 86.1 cm³/mol. The molecular weight excluding hydrogens is 260 g/mol. The summed E-state index contributed by atoms with van der Waals surface area (Å²) in [5.74, 6) is 2.10. The lowest BCUT2D eigenvalue weighted by Crippen LogP contribution is -2.34. The fourth-order valence-electron chi connectivity index (χ4n) is 4.14. The van der Waals surface area contributed by atoms with Gasteiger partial charge in [0.1, 0.15) is 5.76 Å². The van der Waals surface area contributed by atoms with E-state index in [1.165, 1.54) is 57.1 Å². The van der Waals surface area contributed by atoms with Crippen molar-refractivity contribution in [3.8, 4) is 0 Å². The molecule has 0 radical (unpaired) electrons. The van der Waals surface area contributed by atoms with E-state index < -0.39 is 0 Å². The summed E-state index contributed by atoms with van der Waals surface area (Å²) in [5.41, 5.74) is 1.29. The lowest BCUT2D eigenvalue weighted by Gasteiger charge is -2.28. The van der Waals surface area contributed by atoms with Crippen LogP contribution in [0.4, 0.5) is 0 Å². The smallest absolute Gasteiger partial charge is 0.118 e. The van der Waals surface area contributed by atoms with Crippen molar-refractivity contribution in [3.63, 3.8) is 0 Å². The summed E-state index contributed by atoms with van der Waals surface area (Å²) in [6.45, 7) is 6.48. The number of rotatable bonds is 7. The molecule has 1 aromatic heterocycles. The molecule has 3 rings (SSSR count). The first kappa shape index (κ1) is 15.1. The van der Waals surface area contributed by atoms with Gasteiger partial charge in [-0.1, -0.05) is 19.8 Å². The molecule has 3 heteroatoms. The molecule has 0 aromatic carbocycles. The van der Waals surface area contributed by atoms with Crippen LogP contribution in [-0.4, -0.2) is 24.0 Å². The number of nitrogens with one attached hydrogen (secondary N) is 1. The number of nitrogens with zero attached hydrogens (tertiary/aromatic N) is 1. The molecule has 0 amide bonds. The van der Waals surface area contributed by atoms with Gasteiger partial charge in [-0.2, -0.15) is 0 Å². The van der Waals surface area contributed by atoms with E-state index in [9.17, 15) is 0 Å². The third kappa shape index (κ3) is 3.89. The van der Waals surface area contributed by atoms with Crippen LogP contribution in [0, 0.1) is 5.92 Å². The van der Waals surface area contributed by atoms with Crippen molar-refractivity contribution in [3.05, 3.63) is 23.7 Å². The monoisotopic (exact) mass is 290 g/mol. The average Bonchev–Trinajstić information content (AvgIpc) is 3.20. The normalized spacial score (nSPS) is 24.1. The first-order valence-corrected chi connectivity index (χ1v) is 8.88. The van der Waals surface area contributed by atoms with Crippen LogP contribution in [0.1, 0.15) is 63.2 Å². The largest absolute Gasteiger partial charge is 0.468 e. The Morgan fingerprint density at radius 2 is 2.10 bits per heavy atom. The highest BCUT2D eigenvalue weighted by Crippen LogP contribution is 2.36. The predicted octanol–water partition coefficient (Wildman–Crippen LogP) is 3.93. The summed E-state index contributed by atoms with van der Waals surface area (Å²) in [5, 5.41) is 3.44. The fourth-order valence-corrected chi connectivity index (χ4v) is 4.14. The SMILES string of the molecule is CCCNCc1coc(CN2CCCC2C2CCCC2)c1. The molecule has 0 bridgehead atoms. The van der Waals surface area contributed by atoms with E-state index in [2.05, 4.69) is 23.2 Å². The van der Waals surface area contributed by atoms with Gasteiger partial charge in [0.05, 0.1) is 12.8 Å². The number of furan rings is 1. The van der Waals surface area contributed by atoms with Gasteiger partial charge < -0.3 is 9.73 Å². The lowest BCUT2D eigenvalue weighted by atomic mass is 9.96. The van der Waals surface area contributed by atoms with E-state index >= 15 is 0 Å². The van der Waals surface area contributed by atoms with E-state index in [1.54, 1.807) is 0 Å². The van der Waals surface area contributed by atoms with Crippen molar-refractivity contribution >= 4 is 0 Å². The van der Waals surface area contributed by atoms with Gasteiger partial charge in [-0.25, -0.2) is 0 Å². The molecule has 118 valence electrons. The highest BCUT2D eigenvalue weighted by Gasteiger charge is 2.33. The Bertz CT molecular complexity index is 423. The summed E-state index contributed by atoms with van der Waals surface area (Å²) < 4.78 is 5.79. The molecule has 2 heterocycles. The minimum atomic E-state index is 0.819. The molecule has 1 aromatic rings. The maximum Gasteiger partial charge on any atom is 0.118 e. The second-order valence-electron chi connectivity index (χ2n) is 6.82. The molecule has 1 aliphatic carbocycles. The zero-order valence-electron chi connectivity index (χ0n) is 13.4. The Balaban J connectivity index is 1.53. The molecule has 1 saturated heterocycles. The highest BCUT2D eigenvalue weighted by molar-refractivity contribution is 5.13. The molecule has 2 aliphatic rings. The topological polar surface area (TPSA) is 28.4 Å². The Kier molecular flexibility index (Phi) is 5.37. The van der Waals surface area contributed by atoms with Crippen LogP contribution >= 0.6 is 0 Å². The van der Waals surface area contributed by atoms with E-state index in [4.69, 9.17) is 4.42 Å². The molecule has 1 N–H and O–H groups in total. The Morgan fingerprint density at radius 1 is 1.24 bits per heavy atom. The Morgan fingerprint density at radius 3 is 2.90 bits per heavy atom. The minimum Gasteiger partial charge on any atom is -0.468 e. The standard InChI is InChI=1S/C18H30N2O/c1-2-9-19-12-15-11-17(21-14-15)13-20-10-5-8-18(20)16-6-3-4-7-16/h11,14,16,18-19H,2-10,12-13H2,1H3. The number of hydrogen-bond acceptors (Lipinski definition) is 3. The zero-order valence-corrected chi connectivity index (χ0v) is 13.4. The Hall–Kier alpha value is -0.800. The molecule has 1 unspecified atom stereocenters. The van der Waals surface area contributed by atoms with E-state index in [0.717, 1.165) is 37.4 Å². The summed E-state index contributed by atoms with van der Waals surface area (Å²) in [4.78, 5) is 2.68. The minimum absolute atomic E-state index is 0.819. The zero-order chi connectivity index (χ0) is 14.5. The van der Waals surface area contributed by atoms with Crippen LogP contribution in [0.3, 0.4) is 0 Å². The summed E-state index contributed by atoms with van der Waals surface area (Å²) >= 11 is 0. The maximum absolute atomic E-state index is 5.79. The van der Waals surface area contributed by atoms with Gasteiger partial charge in [-0.15, -0.1) is 0 Å². The van der Waals surface area contributed by atoms with Gasteiger partial charge in [-0.05, 0) is 57.2 Å². The van der Waals surface area contributed by atoms with Gasteiger partial charge in [0.15, 0.2) is 0 Å². The quantitative estimate of drug-likeness (QED) is 0.771. The Labute approximate surface area is 129 Å². The maximum atomic E-state index is 5.79. The van der Waals surface area contributed by atoms with Crippen LogP contribution in [-0.2, 0) is 13.1 Å². The van der Waals surface area contributed by atoms with Crippen molar-refractivity contribution in [1.29, 1.82) is 0 Å². The summed E-state index contributed by atoms with van der Waals surface area (Å²) in [6.07, 6.45) is 11.7. The van der Waals surface area contributed by atoms with Crippen molar-refractivity contribution in [2.24, 2.45) is 5.92 Å². The van der Waals surface area contributed by atoms with Crippen LogP contribution < -0.4 is 5.32 Å². The summed E-state index contributed by atoms with van der Waals surface area (Å²) in [6, 6.07) is 3.06. The second kappa shape index (κ2) is 7.46. The van der Waals surface area contributed by atoms with Crippen molar-refractivity contribution in [2.45, 2.75) is 71.0 Å². The number of likely N-dealkylation sites (tertiary alicyclic amines) is 1. The van der Waals surface area contributed by atoms with Gasteiger partial charge in [-0.3, -0.25) is 4.90 Å². The lowest BCUT2D eigenvalue weighted by molar-refractivity contribution is 0.171. The third-order valence-electron chi connectivity index (χ3n) is 5.18. The van der Waals surface area contributed by atoms with Gasteiger partial charge in [0.2, 0.25) is 0 Å². The molecule has 21 heavy (non-hydrogen) atoms.